The molecule has 23 heavy (non-hydrogen) atoms. The van der Waals surface area contributed by atoms with Gasteiger partial charge in [-0.25, -0.2) is 4.98 Å². The number of Topliss-reactive ketones (excluding diaryl/α,β-unsaturated/α-hetero) is 1. The molecule has 2 unspecified atom stereocenters. The molecule has 2 aromatic rings. The van der Waals surface area contributed by atoms with Gasteiger partial charge in [0.1, 0.15) is 5.60 Å². The average molecular weight is 349 g/mol. The van der Waals surface area contributed by atoms with Crippen molar-refractivity contribution >= 4 is 28.9 Å². The molecule has 0 aliphatic carbocycles. The zero-order valence-electron chi connectivity index (χ0n) is 13.4. The second-order valence-corrected chi connectivity index (χ2v) is 7.88. The molecule has 1 saturated heterocycles. The van der Waals surface area contributed by atoms with Crippen molar-refractivity contribution in [2.24, 2.45) is 0 Å². The van der Waals surface area contributed by atoms with Crippen molar-refractivity contribution in [3.8, 4) is 0 Å². The smallest absolute Gasteiger partial charge is 0.159 e. The van der Waals surface area contributed by atoms with Crippen LogP contribution in [-0.2, 0) is 15.1 Å². The van der Waals surface area contributed by atoms with Gasteiger partial charge in [-0.05, 0) is 26.0 Å². The van der Waals surface area contributed by atoms with Gasteiger partial charge in [0, 0.05) is 30.2 Å². The SMILES string of the molecule is COC1(c2cnc(Sc3ccc(C(C)=O)cc3)s2)CCOC1C. The van der Waals surface area contributed by atoms with E-state index < -0.39 is 0 Å². The molecule has 0 bridgehead atoms. The number of carbonyl (C=O) groups is 1. The molecule has 1 aromatic heterocycles. The third-order valence-corrected chi connectivity index (χ3v) is 6.47. The molecule has 1 fully saturated rings. The number of ether oxygens (including phenoxy) is 2. The maximum absolute atomic E-state index is 11.3. The number of methoxy groups -OCH3 is 1. The van der Waals surface area contributed by atoms with E-state index >= 15 is 0 Å². The lowest BCUT2D eigenvalue weighted by atomic mass is 9.95. The Morgan fingerprint density at radius 1 is 1.43 bits per heavy atom. The largest absolute Gasteiger partial charge is 0.375 e. The summed E-state index contributed by atoms with van der Waals surface area (Å²) in [5.74, 6) is 0.0790. The van der Waals surface area contributed by atoms with Gasteiger partial charge in [0.2, 0.25) is 0 Å². The summed E-state index contributed by atoms with van der Waals surface area (Å²) < 4.78 is 12.5. The molecule has 4 nitrogen and oxygen atoms in total. The Morgan fingerprint density at radius 2 is 2.17 bits per heavy atom. The summed E-state index contributed by atoms with van der Waals surface area (Å²) in [6, 6.07) is 7.61. The van der Waals surface area contributed by atoms with E-state index in [0.29, 0.717) is 6.61 Å². The van der Waals surface area contributed by atoms with Crippen molar-refractivity contribution in [3.63, 3.8) is 0 Å². The maximum Gasteiger partial charge on any atom is 0.159 e. The fourth-order valence-electron chi connectivity index (χ4n) is 2.78. The summed E-state index contributed by atoms with van der Waals surface area (Å²) in [4.78, 5) is 18.0. The molecule has 0 amide bonds. The first-order valence-electron chi connectivity index (χ1n) is 7.47. The van der Waals surface area contributed by atoms with Gasteiger partial charge in [0.05, 0.1) is 17.6 Å². The minimum Gasteiger partial charge on any atom is -0.375 e. The van der Waals surface area contributed by atoms with E-state index in [1.807, 2.05) is 37.4 Å². The van der Waals surface area contributed by atoms with E-state index in [0.717, 1.165) is 26.1 Å². The predicted molar refractivity (Wildman–Crippen MR) is 91.4 cm³/mol. The highest BCUT2D eigenvalue weighted by Gasteiger charge is 2.45. The zero-order chi connectivity index (χ0) is 16.4. The molecule has 0 saturated carbocycles. The van der Waals surface area contributed by atoms with E-state index in [1.54, 1.807) is 37.1 Å². The van der Waals surface area contributed by atoms with Crippen LogP contribution in [0.4, 0.5) is 0 Å². The number of carbonyl (C=O) groups excluding carboxylic acids is 1. The van der Waals surface area contributed by atoms with Crippen molar-refractivity contribution in [1.29, 1.82) is 0 Å². The van der Waals surface area contributed by atoms with Crippen molar-refractivity contribution in [3.05, 3.63) is 40.9 Å². The van der Waals surface area contributed by atoms with Crippen LogP contribution in [0.2, 0.25) is 0 Å². The van der Waals surface area contributed by atoms with Crippen LogP contribution >= 0.6 is 23.1 Å². The molecule has 2 heterocycles. The van der Waals surface area contributed by atoms with Gasteiger partial charge in [0.15, 0.2) is 10.1 Å². The molecule has 2 atom stereocenters. The number of hydrogen-bond donors (Lipinski definition) is 0. The fourth-order valence-corrected chi connectivity index (χ4v) is 5.00. The lowest BCUT2D eigenvalue weighted by molar-refractivity contribution is -0.0623. The van der Waals surface area contributed by atoms with Crippen LogP contribution in [-0.4, -0.2) is 30.6 Å². The van der Waals surface area contributed by atoms with E-state index in [1.165, 1.54) is 0 Å². The van der Waals surface area contributed by atoms with Gasteiger partial charge >= 0.3 is 0 Å². The van der Waals surface area contributed by atoms with Crippen LogP contribution in [0.15, 0.2) is 39.7 Å². The molecule has 0 radical (unpaired) electrons. The molecule has 1 aromatic carbocycles. The molecular formula is C17H19NO3S2. The standard InChI is InChI=1S/C17H19NO3S2/c1-11(19)13-4-6-14(7-5-13)22-16-18-10-15(23-16)17(20-3)8-9-21-12(17)2/h4-7,10,12H,8-9H2,1-3H3. The molecule has 1 aliphatic rings. The first-order valence-corrected chi connectivity index (χ1v) is 9.10. The number of aromatic nitrogens is 1. The summed E-state index contributed by atoms with van der Waals surface area (Å²) >= 11 is 3.24. The first kappa shape index (κ1) is 16.6. The Balaban J connectivity index is 1.78. The second-order valence-electron chi connectivity index (χ2n) is 5.53. The second kappa shape index (κ2) is 6.73. The van der Waals surface area contributed by atoms with Gasteiger partial charge in [-0.1, -0.05) is 23.9 Å². The Kier molecular flexibility index (Phi) is 4.87. The summed E-state index contributed by atoms with van der Waals surface area (Å²) in [5, 5.41) is 0. The quantitative estimate of drug-likeness (QED) is 0.759. The van der Waals surface area contributed by atoms with Crippen LogP contribution in [0.5, 0.6) is 0 Å². The lowest BCUT2D eigenvalue weighted by Gasteiger charge is -2.29. The highest BCUT2D eigenvalue weighted by atomic mass is 32.2. The normalized spacial score (nSPS) is 24.0. The van der Waals surface area contributed by atoms with Crippen LogP contribution in [0.1, 0.15) is 35.5 Å². The topological polar surface area (TPSA) is 48.4 Å². The number of thiazole rings is 1. The zero-order valence-corrected chi connectivity index (χ0v) is 15.0. The summed E-state index contributed by atoms with van der Waals surface area (Å²) in [6.45, 7) is 4.33. The molecule has 3 rings (SSSR count). The van der Waals surface area contributed by atoms with Crippen molar-refractivity contribution < 1.29 is 14.3 Å². The van der Waals surface area contributed by atoms with Crippen LogP contribution in [0.3, 0.4) is 0 Å². The molecule has 0 N–H and O–H groups in total. The third-order valence-electron chi connectivity index (χ3n) is 4.23. The first-order chi connectivity index (χ1) is 11.0. The molecular weight excluding hydrogens is 330 g/mol. The van der Waals surface area contributed by atoms with Gasteiger partial charge in [-0.15, -0.1) is 11.3 Å². The summed E-state index contributed by atoms with van der Waals surface area (Å²) in [7, 11) is 1.73. The molecule has 1 aliphatic heterocycles. The number of hydrogen-bond acceptors (Lipinski definition) is 6. The van der Waals surface area contributed by atoms with Crippen molar-refractivity contribution in [2.75, 3.05) is 13.7 Å². The molecule has 122 valence electrons. The number of rotatable bonds is 5. The van der Waals surface area contributed by atoms with Crippen LogP contribution < -0.4 is 0 Å². The monoisotopic (exact) mass is 349 g/mol. The number of benzene rings is 1. The van der Waals surface area contributed by atoms with Crippen molar-refractivity contribution in [2.45, 2.75) is 41.2 Å². The Hall–Kier alpha value is -1.21. The Labute approximate surface area is 144 Å². The average Bonchev–Trinajstić information content (AvgIpc) is 3.15. The minimum absolute atomic E-state index is 0.0284. The number of ketones is 1. The van der Waals surface area contributed by atoms with Gasteiger partial charge in [0.25, 0.3) is 0 Å². The van der Waals surface area contributed by atoms with E-state index in [-0.39, 0.29) is 17.5 Å². The number of nitrogens with zero attached hydrogens (tertiary/aromatic N) is 1. The summed E-state index contributed by atoms with van der Waals surface area (Å²) in [6.07, 6.45) is 2.77. The molecule has 0 spiro atoms. The lowest BCUT2D eigenvalue weighted by Crippen LogP contribution is -2.34. The Morgan fingerprint density at radius 3 is 2.74 bits per heavy atom. The van der Waals surface area contributed by atoms with Crippen LogP contribution in [0.25, 0.3) is 0 Å². The highest BCUT2D eigenvalue weighted by molar-refractivity contribution is 8.01. The van der Waals surface area contributed by atoms with E-state index in [4.69, 9.17) is 9.47 Å². The van der Waals surface area contributed by atoms with Crippen molar-refractivity contribution in [1.82, 2.24) is 4.98 Å². The third kappa shape index (κ3) is 3.21. The highest BCUT2D eigenvalue weighted by Crippen LogP contribution is 2.43. The minimum atomic E-state index is -0.380. The molecule has 6 heteroatoms. The maximum atomic E-state index is 11.3. The predicted octanol–water partition coefficient (Wildman–Crippen LogP) is 4.15. The van der Waals surface area contributed by atoms with Gasteiger partial charge in [-0.2, -0.15) is 0 Å². The summed E-state index contributed by atoms with van der Waals surface area (Å²) in [5.41, 5.74) is 0.346. The van der Waals surface area contributed by atoms with E-state index in [9.17, 15) is 4.79 Å². The Bertz CT molecular complexity index is 698. The van der Waals surface area contributed by atoms with E-state index in [2.05, 4.69) is 4.98 Å². The fraction of sp³-hybridized carbons (Fsp3) is 0.412. The van der Waals surface area contributed by atoms with Gasteiger partial charge < -0.3 is 9.47 Å². The van der Waals surface area contributed by atoms with Crippen LogP contribution in [0, 0.1) is 0 Å². The van der Waals surface area contributed by atoms with Gasteiger partial charge in [-0.3, -0.25) is 4.79 Å².